The summed E-state index contributed by atoms with van der Waals surface area (Å²) >= 11 is 3.26. The first-order chi connectivity index (χ1) is 19.4. The summed E-state index contributed by atoms with van der Waals surface area (Å²) in [6.07, 6.45) is 4.78. The molecular weight excluding hydrogens is 590 g/mol. The van der Waals surface area contributed by atoms with Gasteiger partial charge in [-0.05, 0) is 65.7 Å². The van der Waals surface area contributed by atoms with Gasteiger partial charge in [-0.3, -0.25) is 23.9 Å². The molecule has 2 N–H and O–H groups in total. The lowest BCUT2D eigenvalue weighted by Crippen LogP contribution is -2.47. The normalized spacial score (nSPS) is 21.1. The zero-order valence-corrected chi connectivity index (χ0v) is 24.6. The zero-order chi connectivity index (χ0) is 29.2. The Bertz CT molecular complexity index is 1810. The summed E-state index contributed by atoms with van der Waals surface area (Å²) in [6.45, 7) is 6.83. The number of fused-ring (bicyclic) bond motifs is 2. The minimum absolute atomic E-state index is 0.0596. The van der Waals surface area contributed by atoms with Gasteiger partial charge in [0.1, 0.15) is 29.9 Å². The number of Topliss-reactive ketones (excluding diaryl/α,β-unsaturated/α-hetero) is 1. The predicted octanol–water partition coefficient (Wildman–Crippen LogP) is 3.78. The standard InChI is InChI=1S/C29H28BrN7O4/c1-14-22(39)8-24(30)33-27(14)34-28(41)21-9-29(4)10-23(29)37(21)25(40)13-36-20-6-5-17(18-11-31-16(3)32-12-18)7-19(20)26(35-36)15(2)38/h5-8,11-12,21,23H,9-10,13H2,1-4H3,(H2,33,34,39,41)/t21-,23+,29-/m0/s1. The molecule has 11 nitrogen and oxygen atoms in total. The maximum atomic E-state index is 13.8. The molecule has 4 aromatic rings. The Morgan fingerprint density at radius 3 is 2.56 bits per heavy atom. The fourth-order valence-corrected chi connectivity index (χ4v) is 6.18. The molecule has 1 aromatic carbocycles. The smallest absolute Gasteiger partial charge is 0.248 e. The van der Waals surface area contributed by atoms with E-state index in [1.807, 2.05) is 25.1 Å². The number of amides is 2. The number of carbonyl (C=O) groups excluding carboxylic acids is 3. The maximum absolute atomic E-state index is 13.8. The third kappa shape index (κ3) is 4.75. The summed E-state index contributed by atoms with van der Waals surface area (Å²) in [6, 6.07) is 6.21. The Morgan fingerprint density at radius 2 is 1.85 bits per heavy atom. The highest BCUT2D eigenvalue weighted by molar-refractivity contribution is 9.10. The number of benzene rings is 1. The van der Waals surface area contributed by atoms with Gasteiger partial charge >= 0.3 is 0 Å². The molecule has 3 aromatic heterocycles. The first-order valence-electron chi connectivity index (χ1n) is 13.3. The van der Waals surface area contributed by atoms with Crippen molar-refractivity contribution in [3.8, 4) is 11.1 Å². The second-order valence-corrected chi connectivity index (χ2v) is 12.0. The van der Waals surface area contributed by atoms with Gasteiger partial charge in [0.15, 0.2) is 11.2 Å². The summed E-state index contributed by atoms with van der Waals surface area (Å²) in [5, 5.41) is 7.96. The summed E-state index contributed by atoms with van der Waals surface area (Å²) in [5.74, 6) is 0.123. The van der Waals surface area contributed by atoms with Gasteiger partial charge in [-0.2, -0.15) is 5.10 Å². The van der Waals surface area contributed by atoms with Gasteiger partial charge in [0.2, 0.25) is 11.8 Å². The number of nitrogens with zero attached hydrogens (tertiary/aromatic N) is 5. The zero-order valence-electron chi connectivity index (χ0n) is 23.0. The van der Waals surface area contributed by atoms with Crippen LogP contribution in [0.3, 0.4) is 0 Å². The van der Waals surface area contributed by atoms with Crippen LogP contribution >= 0.6 is 15.9 Å². The number of carbonyl (C=O) groups is 3. The van der Waals surface area contributed by atoms with Crippen LogP contribution in [0, 0.1) is 19.3 Å². The van der Waals surface area contributed by atoms with Crippen molar-refractivity contribution in [2.75, 3.05) is 5.32 Å². The molecule has 41 heavy (non-hydrogen) atoms. The van der Waals surface area contributed by atoms with E-state index < -0.39 is 6.04 Å². The van der Waals surface area contributed by atoms with Crippen LogP contribution in [0.15, 0.2) is 46.1 Å². The van der Waals surface area contributed by atoms with E-state index in [9.17, 15) is 19.2 Å². The highest BCUT2D eigenvalue weighted by atomic mass is 79.9. The molecule has 2 fully saturated rings. The van der Waals surface area contributed by atoms with Crippen molar-refractivity contribution in [1.82, 2.24) is 29.6 Å². The minimum atomic E-state index is -0.699. The fraction of sp³-hybridized carbons (Fsp3) is 0.345. The Morgan fingerprint density at radius 1 is 1.12 bits per heavy atom. The first-order valence-corrected chi connectivity index (χ1v) is 14.1. The average Bonchev–Trinajstić information content (AvgIpc) is 3.29. The number of hydrogen-bond acceptors (Lipinski definition) is 7. The molecule has 0 spiro atoms. The minimum Gasteiger partial charge on any atom is -0.336 e. The predicted molar refractivity (Wildman–Crippen MR) is 155 cm³/mol. The molecule has 0 bridgehead atoms. The summed E-state index contributed by atoms with van der Waals surface area (Å²) in [4.78, 5) is 65.1. The van der Waals surface area contributed by atoms with E-state index in [1.165, 1.54) is 17.7 Å². The number of aryl methyl sites for hydroxylation is 1. The van der Waals surface area contributed by atoms with Crippen molar-refractivity contribution in [1.29, 1.82) is 0 Å². The molecule has 1 aliphatic carbocycles. The van der Waals surface area contributed by atoms with Gasteiger partial charge in [-0.25, -0.2) is 9.97 Å². The highest BCUT2D eigenvalue weighted by Gasteiger charge is 2.64. The second-order valence-electron chi connectivity index (χ2n) is 11.2. The molecule has 1 saturated carbocycles. The van der Waals surface area contributed by atoms with Gasteiger partial charge in [0.25, 0.3) is 0 Å². The maximum Gasteiger partial charge on any atom is 0.248 e. The summed E-state index contributed by atoms with van der Waals surface area (Å²) in [5.41, 5.74) is 2.56. The second kappa shape index (κ2) is 9.72. The molecule has 2 aliphatic rings. The molecule has 210 valence electrons. The van der Waals surface area contributed by atoms with Crippen LogP contribution in [0.5, 0.6) is 0 Å². The largest absolute Gasteiger partial charge is 0.336 e. The first kappa shape index (κ1) is 27.0. The number of anilines is 1. The molecule has 0 radical (unpaired) electrons. The molecule has 12 heteroatoms. The van der Waals surface area contributed by atoms with Crippen LogP contribution in [-0.2, 0) is 16.1 Å². The summed E-state index contributed by atoms with van der Waals surface area (Å²) < 4.78 is 1.98. The van der Waals surface area contributed by atoms with Crippen LogP contribution in [0.2, 0.25) is 0 Å². The van der Waals surface area contributed by atoms with E-state index >= 15 is 0 Å². The molecule has 3 atom stereocenters. The fourth-order valence-electron chi connectivity index (χ4n) is 5.78. The van der Waals surface area contributed by atoms with Crippen LogP contribution in [-0.4, -0.2) is 59.3 Å². The van der Waals surface area contributed by atoms with Crippen molar-refractivity contribution < 1.29 is 14.4 Å². The van der Waals surface area contributed by atoms with Crippen molar-refractivity contribution >= 4 is 50.2 Å². The number of aromatic nitrogens is 5. The number of piperidine rings is 1. The van der Waals surface area contributed by atoms with E-state index in [2.05, 4.69) is 48.2 Å². The van der Waals surface area contributed by atoms with Gasteiger partial charge < -0.3 is 15.2 Å². The van der Waals surface area contributed by atoms with Gasteiger partial charge in [0.05, 0.1) is 10.1 Å². The van der Waals surface area contributed by atoms with Crippen LogP contribution in [0.4, 0.5) is 5.82 Å². The Hall–Kier alpha value is -4.19. The number of aromatic amines is 1. The molecule has 1 saturated heterocycles. The van der Waals surface area contributed by atoms with Crippen molar-refractivity contribution in [3.05, 3.63) is 68.6 Å². The molecule has 0 unspecified atom stereocenters. The Balaban J connectivity index is 1.29. The van der Waals surface area contributed by atoms with Crippen LogP contribution in [0.25, 0.3) is 22.0 Å². The van der Waals surface area contributed by atoms with E-state index in [1.54, 1.807) is 24.2 Å². The number of ketones is 1. The topological polar surface area (TPSA) is 143 Å². The van der Waals surface area contributed by atoms with Gasteiger partial charge in [0, 0.05) is 47.9 Å². The van der Waals surface area contributed by atoms with Gasteiger partial charge in [-0.1, -0.05) is 13.0 Å². The van der Waals surface area contributed by atoms with Crippen molar-refractivity contribution in [3.63, 3.8) is 0 Å². The molecule has 6 rings (SSSR count). The lowest BCUT2D eigenvalue weighted by atomic mass is 10.0. The molecule has 4 heterocycles. The lowest BCUT2D eigenvalue weighted by molar-refractivity contribution is -0.138. The number of rotatable bonds is 6. The Labute approximate surface area is 243 Å². The highest BCUT2D eigenvalue weighted by Crippen LogP contribution is 2.59. The number of nitrogens with one attached hydrogen (secondary N) is 2. The number of pyridine rings is 1. The van der Waals surface area contributed by atoms with Crippen LogP contribution < -0.4 is 10.7 Å². The van der Waals surface area contributed by atoms with E-state index in [-0.39, 0.29) is 46.7 Å². The quantitative estimate of drug-likeness (QED) is 0.247. The van der Waals surface area contributed by atoms with Crippen molar-refractivity contribution in [2.24, 2.45) is 5.41 Å². The third-order valence-electron chi connectivity index (χ3n) is 8.20. The number of likely N-dealkylation sites (tertiary alicyclic amines) is 1. The SMILES string of the molecule is CC(=O)c1nn(CC(=O)N2[C@H](C(=O)Nc3[nH]c(Br)cc(=O)c3C)C[C@@]3(C)C[C@@H]23)c2ccc(-c3cnc(C)nc3)cc12. The number of H-pyrrole nitrogens is 1. The molecule has 2 amide bonds. The van der Waals surface area contributed by atoms with Crippen molar-refractivity contribution in [2.45, 2.75) is 59.2 Å². The third-order valence-corrected chi connectivity index (χ3v) is 8.63. The number of hydrogen-bond donors (Lipinski definition) is 2. The van der Waals surface area contributed by atoms with E-state index in [4.69, 9.17) is 0 Å². The average molecular weight is 618 g/mol. The summed E-state index contributed by atoms with van der Waals surface area (Å²) in [7, 11) is 0. The van der Waals surface area contributed by atoms with E-state index in [0.29, 0.717) is 39.1 Å². The number of halogens is 1. The van der Waals surface area contributed by atoms with Gasteiger partial charge in [-0.15, -0.1) is 0 Å². The molecular formula is C29H28BrN7O4. The Kier molecular flexibility index (Phi) is 6.40. The van der Waals surface area contributed by atoms with Crippen LogP contribution in [0.1, 0.15) is 48.6 Å². The molecule has 1 aliphatic heterocycles. The van der Waals surface area contributed by atoms with E-state index in [0.717, 1.165) is 17.5 Å². The monoisotopic (exact) mass is 617 g/mol. The lowest BCUT2D eigenvalue weighted by Gasteiger charge is -2.27.